The fourth-order valence-electron chi connectivity index (χ4n) is 4.46. The summed E-state index contributed by atoms with van der Waals surface area (Å²) < 4.78 is 13.9. The zero-order valence-corrected chi connectivity index (χ0v) is 14.5. The molecule has 4 atom stereocenters. The number of amides is 1. The van der Waals surface area contributed by atoms with Crippen LogP contribution in [0.25, 0.3) is 0 Å². The van der Waals surface area contributed by atoms with Gasteiger partial charge in [-0.15, -0.1) is 0 Å². The molecule has 1 saturated heterocycles. The van der Waals surface area contributed by atoms with Crippen LogP contribution in [0.3, 0.4) is 0 Å². The van der Waals surface area contributed by atoms with Gasteiger partial charge in [0.25, 0.3) is 0 Å². The largest absolute Gasteiger partial charge is 0.393 e. The number of carbonyl (C=O) groups excluding carboxylic acids is 1. The van der Waals surface area contributed by atoms with Gasteiger partial charge < -0.3 is 10.0 Å². The lowest BCUT2D eigenvalue weighted by atomic mass is 9.80. The summed E-state index contributed by atoms with van der Waals surface area (Å²) in [6, 6.07) is 6.85. The van der Waals surface area contributed by atoms with Crippen molar-refractivity contribution in [2.45, 2.75) is 64.0 Å². The highest BCUT2D eigenvalue weighted by molar-refractivity contribution is 5.79. The molecule has 4 heteroatoms. The molecule has 4 unspecified atom stereocenters. The van der Waals surface area contributed by atoms with Gasteiger partial charge in [-0.25, -0.2) is 4.39 Å². The minimum Gasteiger partial charge on any atom is -0.393 e. The first-order valence-corrected chi connectivity index (χ1v) is 9.30. The minimum absolute atomic E-state index is 0.110. The molecule has 1 aromatic rings. The molecule has 132 valence electrons. The Morgan fingerprint density at radius 1 is 1.25 bits per heavy atom. The monoisotopic (exact) mass is 333 g/mol. The summed E-state index contributed by atoms with van der Waals surface area (Å²) in [6.45, 7) is 2.66. The van der Waals surface area contributed by atoms with Crippen LogP contribution in [0.2, 0.25) is 0 Å². The van der Waals surface area contributed by atoms with E-state index in [-0.39, 0.29) is 35.7 Å². The first kappa shape index (κ1) is 17.4. The molecular formula is C20H28FNO2. The number of likely N-dealkylation sites (tertiary alicyclic amines) is 1. The lowest BCUT2D eigenvalue weighted by Crippen LogP contribution is -2.47. The summed E-state index contributed by atoms with van der Waals surface area (Å²) in [6.07, 6.45) is 6.24. The Labute approximate surface area is 143 Å². The van der Waals surface area contributed by atoms with Crippen LogP contribution in [-0.2, 0) is 11.2 Å². The molecule has 0 aromatic heterocycles. The Kier molecular flexibility index (Phi) is 5.54. The van der Waals surface area contributed by atoms with E-state index in [9.17, 15) is 14.3 Å². The average molecular weight is 333 g/mol. The molecule has 24 heavy (non-hydrogen) atoms. The molecule has 0 spiro atoms. The highest BCUT2D eigenvalue weighted by atomic mass is 19.1. The normalized spacial score (nSPS) is 28.8. The van der Waals surface area contributed by atoms with Crippen molar-refractivity contribution in [3.63, 3.8) is 0 Å². The number of hydrogen-bond donors (Lipinski definition) is 1. The van der Waals surface area contributed by atoms with Crippen LogP contribution in [-0.4, -0.2) is 34.6 Å². The highest BCUT2D eigenvalue weighted by Gasteiger charge is 2.39. The van der Waals surface area contributed by atoms with Crippen molar-refractivity contribution in [2.75, 3.05) is 6.54 Å². The number of rotatable bonds is 4. The number of benzene rings is 1. The lowest BCUT2D eigenvalue weighted by Gasteiger charge is -2.38. The fourth-order valence-corrected chi connectivity index (χ4v) is 4.46. The standard InChI is InChI=1S/C20H28FNO2/c1-14(13-15-7-2-4-9-17(15)21)20(24)22-12-6-10-18(22)16-8-3-5-11-19(16)23/h2,4,7,9,14,16,18-19,23H,3,5-6,8,10-13H2,1H3. The molecule has 0 bridgehead atoms. The van der Waals surface area contributed by atoms with Crippen molar-refractivity contribution in [2.24, 2.45) is 11.8 Å². The second kappa shape index (κ2) is 7.64. The van der Waals surface area contributed by atoms with Crippen LogP contribution in [0, 0.1) is 17.7 Å². The van der Waals surface area contributed by atoms with Gasteiger partial charge in [-0.3, -0.25) is 4.79 Å². The van der Waals surface area contributed by atoms with Gasteiger partial charge in [0.15, 0.2) is 0 Å². The van der Waals surface area contributed by atoms with Crippen LogP contribution < -0.4 is 0 Å². The Morgan fingerprint density at radius 2 is 2.00 bits per heavy atom. The Balaban J connectivity index is 1.67. The van der Waals surface area contributed by atoms with Gasteiger partial charge in [0, 0.05) is 24.4 Å². The van der Waals surface area contributed by atoms with Crippen LogP contribution in [0.5, 0.6) is 0 Å². The van der Waals surface area contributed by atoms with Gasteiger partial charge in [0.2, 0.25) is 5.91 Å². The number of nitrogens with zero attached hydrogens (tertiary/aromatic N) is 1. The van der Waals surface area contributed by atoms with Gasteiger partial charge in [0.1, 0.15) is 5.82 Å². The molecule has 1 aliphatic carbocycles. The molecule has 3 nitrogen and oxygen atoms in total. The third kappa shape index (κ3) is 3.64. The SMILES string of the molecule is CC(Cc1ccccc1F)C(=O)N1CCCC1C1CCCCC1O. The predicted octanol–water partition coefficient (Wildman–Crippen LogP) is 3.55. The second-order valence-corrected chi connectivity index (χ2v) is 7.45. The zero-order chi connectivity index (χ0) is 17.1. The maximum absolute atomic E-state index is 13.9. The number of carbonyl (C=O) groups is 1. The summed E-state index contributed by atoms with van der Waals surface area (Å²) in [4.78, 5) is 14.9. The van der Waals surface area contributed by atoms with E-state index in [0.717, 1.165) is 45.1 Å². The van der Waals surface area contributed by atoms with Crippen molar-refractivity contribution < 1.29 is 14.3 Å². The average Bonchev–Trinajstić information content (AvgIpc) is 3.06. The molecule has 1 aromatic carbocycles. The second-order valence-electron chi connectivity index (χ2n) is 7.45. The van der Waals surface area contributed by atoms with Gasteiger partial charge in [0.05, 0.1) is 6.10 Å². The number of aliphatic hydroxyl groups is 1. The zero-order valence-electron chi connectivity index (χ0n) is 14.5. The topological polar surface area (TPSA) is 40.5 Å². The van der Waals surface area contributed by atoms with E-state index in [1.54, 1.807) is 12.1 Å². The predicted molar refractivity (Wildman–Crippen MR) is 92.0 cm³/mol. The summed E-state index contributed by atoms with van der Waals surface area (Å²) in [7, 11) is 0. The van der Waals surface area contributed by atoms with Crippen molar-refractivity contribution >= 4 is 5.91 Å². The molecule has 1 saturated carbocycles. The minimum atomic E-state index is -0.279. The molecule has 1 aliphatic heterocycles. The molecule has 1 heterocycles. The Bertz CT molecular complexity index is 577. The van der Waals surface area contributed by atoms with Crippen LogP contribution in [0.15, 0.2) is 24.3 Å². The van der Waals surface area contributed by atoms with Crippen molar-refractivity contribution in [1.29, 1.82) is 0 Å². The summed E-state index contributed by atoms with van der Waals surface area (Å²) in [5.74, 6) is -0.148. The first-order chi connectivity index (χ1) is 11.6. The number of halogens is 1. The Hall–Kier alpha value is -1.42. The maximum atomic E-state index is 13.9. The van der Waals surface area contributed by atoms with E-state index in [0.29, 0.717) is 12.0 Å². The van der Waals surface area contributed by atoms with E-state index < -0.39 is 0 Å². The number of hydrogen-bond acceptors (Lipinski definition) is 2. The quantitative estimate of drug-likeness (QED) is 0.915. The van der Waals surface area contributed by atoms with Crippen molar-refractivity contribution in [3.05, 3.63) is 35.6 Å². The molecule has 0 radical (unpaired) electrons. The third-order valence-corrected chi connectivity index (χ3v) is 5.76. The van der Waals surface area contributed by atoms with Crippen LogP contribution >= 0.6 is 0 Å². The van der Waals surface area contributed by atoms with E-state index in [1.165, 1.54) is 6.07 Å². The Morgan fingerprint density at radius 3 is 2.75 bits per heavy atom. The van der Waals surface area contributed by atoms with E-state index in [4.69, 9.17) is 0 Å². The number of aliphatic hydroxyl groups excluding tert-OH is 1. The van der Waals surface area contributed by atoms with Gasteiger partial charge >= 0.3 is 0 Å². The molecule has 1 N–H and O–H groups in total. The summed E-state index contributed by atoms with van der Waals surface area (Å²) >= 11 is 0. The van der Waals surface area contributed by atoms with Crippen LogP contribution in [0.4, 0.5) is 4.39 Å². The lowest BCUT2D eigenvalue weighted by molar-refractivity contribution is -0.138. The van der Waals surface area contributed by atoms with Crippen molar-refractivity contribution in [1.82, 2.24) is 4.90 Å². The highest BCUT2D eigenvalue weighted by Crippen LogP contribution is 2.35. The van der Waals surface area contributed by atoms with E-state index >= 15 is 0 Å². The van der Waals surface area contributed by atoms with Gasteiger partial charge in [-0.05, 0) is 43.7 Å². The molecule has 2 aliphatic rings. The summed E-state index contributed by atoms with van der Waals surface area (Å²) in [5, 5.41) is 10.4. The molecular weight excluding hydrogens is 305 g/mol. The van der Waals surface area contributed by atoms with Crippen molar-refractivity contribution in [3.8, 4) is 0 Å². The van der Waals surface area contributed by atoms with E-state index in [1.807, 2.05) is 17.9 Å². The fraction of sp³-hybridized carbons (Fsp3) is 0.650. The van der Waals surface area contributed by atoms with Crippen LogP contribution in [0.1, 0.15) is 51.0 Å². The molecule has 1 amide bonds. The maximum Gasteiger partial charge on any atom is 0.225 e. The first-order valence-electron chi connectivity index (χ1n) is 9.30. The third-order valence-electron chi connectivity index (χ3n) is 5.76. The summed E-state index contributed by atoms with van der Waals surface area (Å²) in [5.41, 5.74) is 0.604. The molecule has 3 rings (SSSR count). The van der Waals surface area contributed by atoms with Gasteiger partial charge in [-0.2, -0.15) is 0 Å². The van der Waals surface area contributed by atoms with E-state index in [2.05, 4.69) is 0 Å². The smallest absolute Gasteiger partial charge is 0.225 e. The molecule has 2 fully saturated rings. The van der Waals surface area contributed by atoms with Gasteiger partial charge in [-0.1, -0.05) is 38.0 Å².